The Morgan fingerprint density at radius 2 is 2.00 bits per heavy atom. The van der Waals surface area contributed by atoms with Gasteiger partial charge >= 0.3 is 0 Å². The molecule has 1 aliphatic carbocycles. The van der Waals surface area contributed by atoms with E-state index in [1.54, 1.807) is 6.07 Å². The van der Waals surface area contributed by atoms with Gasteiger partial charge in [0, 0.05) is 17.7 Å². The lowest BCUT2D eigenvalue weighted by atomic mass is 10.2. The van der Waals surface area contributed by atoms with E-state index in [9.17, 15) is 18.5 Å². The average molecular weight is 334 g/mol. The largest absolute Gasteiger partial charge is 0.289 e. The number of para-hydroxylation sites is 1. The van der Waals surface area contributed by atoms with E-state index in [1.807, 2.05) is 0 Å². The fraction of sp³-hybridized carbons (Fsp3) is 0.286. The Morgan fingerprint density at radius 3 is 2.70 bits per heavy atom. The van der Waals surface area contributed by atoms with Crippen LogP contribution in [0, 0.1) is 10.1 Å². The molecule has 0 unspecified atom stereocenters. The number of nitrogens with zero attached hydrogens (tertiary/aromatic N) is 3. The molecule has 9 heteroatoms. The zero-order valence-corrected chi connectivity index (χ0v) is 12.9. The summed E-state index contributed by atoms with van der Waals surface area (Å²) in [7, 11) is -4.00. The summed E-state index contributed by atoms with van der Waals surface area (Å²) >= 11 is 0. The molecule has 120 valence electrons. The zero-order chi connectivity index (χ0) is 16.4. The molecule has 1 aliphatic rings. The van der Waals surface area contributed by atoms with Crippen LogP contribution in [-0.2, 0) is 16.6 Å². The summed E-state index contributed by atoms with van der Waals surface area (Å²) in [5.74, 6) is 0.434. The Balaban J connectivity index is 1.79. The maximum absolute atomic E-state index is 12.3. The third-order valence-corrected chi connectivity index (χ3v) is 4.98. The van der Waals surface area contributed by atoms with Crippen molar-refractivity contribution >= 4 is 15.7 Å². The van der Waals surface area contributed by atoms with E-state index in [4.69, 9.17) is 0 Å². The minimum absolute atomic E-state index is 0.0450. The number of sulfonamides is 1. The van der Waals surface area contributed by atoms with Crippen molar-refractivity contribution in [2.24, 2.45) is 0 Å². The van der Waals surface area contributed by atoms with E-state index in [0.717, 1.165) is 24.6 Å². The summed E-state index contributed by atoms with van der Waals surface area (Å²) in [4.78, 5) is 18.1. The monoisotopic (exact) mass is 334 g/mol. The third-order valence-electron chi connectivity index (χ3n) is 3.54. The number of nitrogens with one attached hydrogen (secondary N) is 1. The van der Waals surface area contributed by atoms with Crippen LogP contribution in [-0.4, -0.2) is 23.3 Å². The summed E-state index contributed by atoms with van der Waals surface area (Å²) in [6, 6.07) is 6.99. The van der Waals surface area contributed by atoms with E-state index in [0.29, 0.717) is 11.6 Å². The highest BCUT2D eigenvalue weighted by atomic mass is 32.2. The number of aromatic nitrogens is 2. The highest BCUT2D eigenvalue weighted by Gasteiger charge is 2.26. The quantitative estimate of drug-likeness (QED) is 0.635. The van der Waals surface area contributed by atoms with Gasteiger partial charge in [0.15, 0.2) is 4.90 Å². The Labute approximate surface area is 132 Å². The minimum Gasteiger partial charge on any atom is -0.258 e. The van der Waals surface area contributed by atoms with Gasteiger partial charge in [0.25, 0.3) is 5.69 Å². The van der Waals surface area contributed by atoms with Crippen molar-refractivity contribution in [3.8, 4) is 0 Å². The number of hydrogen-bond acceptors (Lipinski definition) is 6. The maximum Gasteiger partial charge on any atom is 0.289 e. The molecule has 0 spiro atoms. The fourth-order valence-corrected chi connectivity index (χ4v) is 3.36. The lowest BCUT2D eigenvalue weighted by molar-refractivity contribution is -0.387. The van der Waals surface area contributed by atoms with E-state index >= 15 is 0 Å². The smallest absolute Gasteiger partial charge is 0.258 e. The lowest BCUT2D eigenvalue weighted by Gasteiger charge is -2.07. The molecule has 8 nitrogen and oxygen atoms in total. The van der Waals surface area contributed by atoms with Gasteiger partial charge in [-0.2, -0.15) is 0 Å². The zero-order valence-electron chi connectivity index (χ0n) is 12.0. The Morgan fingerprint density at radius 1 is 1.26 bits per heavy atom. The van der Waals surface area contributed by atoms with Crippen LogP contribution in [0.25, 0.3) is 0 Å². The topological polar surface area (TPSA) is 115 Å². The predicted octanol–water partition coefficient (Wildman–Crippen LogP) is 1.74. The molecule has 1 fully saturated rings. The standard InChI is InChI=1S/C14H14N4O4S/c19-18(20)13-3-1-2-4-14(13)23(21,22)17-8-11-7-12(10-5-6-10)16-9-15-11/h1-4,7,9-10,17H,5-6,8H2. The van der Waals surface area contributed by atoms with Gasteiger partial charge < -0.3 is 0 Å². The second kappa shape index (κ2) is 6.01. The Bertz CT molecular complexity index is 849. The molecule has 1 heterocycles. The van der Waals surface area contributed by atoms with Crippen molar-refractivity contribution in [3.05, 3.63) is 58.2 Å². The molecule has 23 heavy (non-hydrogen) atoms. The molecule has 0 saturated heterocycles. The van der Waals surface area contributed by atoms with Crippen molar-refractivity contribution in [2.45, 2.75) is 30.2 Å². The van der Waals surface area contributed by atoms with Crippen molar-refractivity contribution in [3.63, 3.8) is 0 Å². The SMILES string of the molecule is O=[N+]([O-])c1ccccc1S(=O)(=O)NCc1cc(C2CC2)ncn1. The van der Waals surface area contributed by atoms with Crippen LogP contribution in [0.1, 0.15) is 30.1 Å². The number of benzene rings is 1. The van der Waals surface area contributed by atoms with Crippen molar-refractivity contribution in [2.75, 3.05) is 0 Å². The molecule has 2 aromatic rings. The van der Waals surface area contributed by atoms with Crippen LogP contribution >= 0.6 is 0 Å². The van der Waals surface area contributed by atoms with Crippen molar-refractivity contribution in [1.82, 2.24) is 14.7 Å². The molecule has 0 amide bonds. The molecule has 3 rings (SSSR count). The lowest BCUT2D eigenvalue weighted by Crippen LogP contribution is -2.24. The highest BCUT2D eigenvalue weighted by molar-refractivity contribution is 7.89. The van der Waals surface area contributed by atoms with Crippen LogP contribution in [0.5, 0.6) is 0 Å². The molecule has 1 aromatic heterocycles. The van der Waals surface area contributed by atoms with Gasteiger partial charge in [-0.1, -0.05) is 12.1 Å². The van der Waals surface area contributed by atoms with Gasteiger partial charge in [0.05, 0.1) is 17.2 Å². The first-order chi connectivity index (χ1) is 11.0. The van der Waals surface area contributed by atoms with E-state index in [2.05, 4.69) is 14.7 Å². The molecule has 0 aliphatic heterocycles. The number of nitro benzene ring substituents is 1. The second-order valence-corrected chi connectivity index (χ2v) is 6.99. The molecule has 0 bridgehead atoms. The molecule has 1 aromatic carbocycles. The fourth-order valence-electron chi connectivity index (χ4n) is 2.20. The predicted molar refractivity (Wildman–Crippen MR) is 81.1 cm³/mol. The van der Waals surface area contributed by atoms with Crippen LogP contribution in [0.4, 0.5) is 5.69 Å². The number of hydrogen-bond donors (Lipinski definition) is 1. The first kappa shape index (κ1) is 15.5. The highest BCUT2D eigenvalue weighted by Crippen LogP contribution is 2.38. The van der Waals surface area contributed by atoms with Gasteiger partial charge in [-0.3, -0.25) is 10.1 Å². The normalized spacial score (nSPS) is 14.6. The van der Waals surface area contributed by atoms with Gasteiger partial charge in [-0.05, 0) is 25.0 Å². The number of rotatable bonds is 6. The van der Waals surface area contributed by atoms with Crippen LogP contribution in [0.2, 0.25) is 0 Å². The Hall–Kier alpha value is -2.39. The van der Waals surface area contributed by atoms with Gasteiger partial charge in [-0.25, -0.2) is 23.1 Å². The average Bonchev–Trinajstić information content (AvgIpc) is 3.38. The summed E-state index contributed by atoms with van der Waals surface area (Å²) in [5.41, 5.74) is 0.977. The second-order valence-electron chi connectivity index (χ2n) is 5.26. The molecule has 0 atom stereocenters. The first-order valence-corrected chi connectivity index (χ1v) is 8.49. The minimum atomic E-state index is -4.00. The summed E-state index contributed by atoms with van der Waals surface area (Å²) in [6.45, 7) is -0.0450. The van der Waals surface area contributed by atoms with E-state index in [1.165, 1.54) is 24.5 Å². The van der Waals surface area contributed by atoms with Crippen LogP contribution < -0.4 is 4.72 Å². The molecular weight excluding hydrogens is 320 g/mol. The summed E-state index contributed by atoms with van der Waals surface area (Å²) in [6.07, 6.45) is 3.57. The van der Waals surface area contributed by atoms with E-state index in [-0.39, 0.29) is 11.4 Å². The maximum atomic E-state index is 12.3. The summed E-state index contributed by atoms with van der Waals surface area (Å²) in [5, 5.41) is 11.0. The first-order valence-electron chi connectivity index (χ1n) is 7.01. The van der Waals surface area contributed by atoms with Gasteiger partial charge in [-0.15, -0.1) is 0 Å². The van der Waals surface area contributed by atoms with Crippen LogP contribution in [0.15, 0.2) is 41.6 Å². The van der Waals surface area contributed by atoms with Gasteiger partial charge in [0.2, 0.25) is 10.0 Å². The molecule has 1 saturated carbocycles. The van der Waals surface area contributed by atoms with Crippen LogP contribution in [0.3, 0.4) is 0 Å². The van der Waals surface area contributed by atoms with Crippen molar-refractivity contribution < 1.29 is 13.3 Å². The van der Waals surface area contributed by atoms with Gasteiger partial charge in [0.1, 0.15) is 6.33 Å². The van der Waals surface area contributed by atoms with E-state index < -0.39 is 20.6 Å². The molecule has 0 radical (unpaired) electrons. The number of nitro groups is 1. The molecule has 1 N–H and O–H groups in total. The molecular formula is C14H14N4O4S. The third kappa shape index (κ3) is 3.51. The summed E-state index contributed by atoms with van der Waals surface area (Å²) < 4.78 is 27.0. The van der Waals surface area contributed by atoms with Crippen molar-refractivity contribution in [1.29, 1.82) is 0 Å². The Kier molecular flexibility index (Phi) is 4.05.